The third kappa shape index (κ3) is 3.26. The predicted molar refractivity (Wildman–Crippen MR) is 79.0 cm³/mol. The van der Waals surface area contributed by atoms with Crippen molar-refractivity contribution in [3.8, 4) is 6.07 Å². The number of rotatable bonds is 4. The van der Waals surface area contributed by atoms with E-state index in [4.69, 9.17) is 5.26 Å². The van der Waals surface area contributed by atoms with Crippen LogP contribution in [0.15, 0.2) is 29.2 Å². The number of benzene rings is 1. The van der Waals surface area contributed by atoms with Crippen molar-refractivity contribution in [2.24, 2.45) is 0 Å². The summed E-state index contributed by atoms with van der Waals surface area (Å²) in [6.45, 7) is 0. The summed E-state index contributed by atoms with van der Waals surface area (Å²) >= 11 is 0. The van der Waals surface area contributed by atoms with Gasteiger partial charge in [-0.05, 0) is 43.4 Å². The van der Waals surface area contributed by atoms with Crippen LogP contribution in [0.1, 0.15) is 31.2 Å². The molecule has 1 aromatic rings. The van der Waals surface area contributed by atoms with Crippen molar-refractivity contribution in [2.45, 2.75) is 55.1 Å². The Balaban J connectivity index is 1.70. The van der Waals surface area contributed by atoms with Gasteiger partial charge in [0.25, 0.3) is 0 Å². The van der Waals surface area contributed by atoms with E-state index in [0.29, 0.717) is 18.5 Å². The first kappa shape index (κ1) is 14.5. The summed E-state index contributed by atoms with van der Waals surface area (Å²) in [5, 5.41) is 12.1. The summed E-state index contributed by atoms with van der Waals surface area (Å²) in [5.41, 5.74) is 0.830. The van der Waals surface area contributed by atoms with Crippen molar-refractivity contribution in [3.63, 3.8) is 0 Å². The van der Waals surface area contributed by atoms with E-state index in [1.807, 2.05) is 0 Å². The molecule has 2 bridgehead atoms. The third-order valence-corrected chi connectivity index (χ3v) is 5.85. The molecule has 2 saturated heterocycles. The molecule has 2 atom stereocenters. The number of nitrogens with zero attached hydrogens (tertiary/aromatic N) is 1. The normalized spacial score (nSPS) is 28.2. The van der Waals surface area contributed by atoms with Gasteiger partial charge in [-0.25, -0.2) is 13.1 Å². The van der Waals surface area contributed by atoms with E-state index in [2.05, 4.69) is 16.1 Å². The van der Waals surface area contributed by atoms with Gasteiger partial charge in [0.2, 0.25) is 10.0 Å². The lowest BCUT2D eigenvalue weighted by Crippen LogP contribution is -2.47. The van der Waals surface area contributed by atoms with E-state index < -0.39 is 10.0 Å². The number of fused-ring (bicyclic) bond motifs is 2. The largest absolute Gasteiger partial charge is 0.311 e. The zero-order valence-electron chi connectivity index (χ0n) is 11.7. The van der Waals surface area contributed by atoms with E-state index in [-0.39, 0.29) is 10.9 Å². The highest BCUT2D eigenvalue weighted by Gasteiger charge is 2.35. The summed E-state index contributed by atoms with van der Waals surface area (Å²) in [6, 6.07) is 9.52. The molecule has 2 unspecified atom stereocenters. The zero-order chi connectivity index (χ0) is 14.9. The van der Waals surface area contributed by atoms with Gasteiger partial charge < -0.3 is 5.32 Å². The van der Waals surface area contributed by atoms with Crippen molar-refractivity contribution in [3.05, 3.63) is 29.8 Å². The first-order valence-electron chi connectivity index (χ1n) is 7.31. The minimum atomic E-state index is -3.47. The molecule has 0 radical (unpaired) electrons. The second-order valence-corrected chi connectivity index (χ2v) is 7.62. The molecule has 3 rings (SSSR count). The summed E-state index contributed by atoms with van der Waals surface area (Å²) in [5.74, 6) is 0. The Morgan fingerprint density at radius 3 is 2.38 bits per heavy atom. The molecule has 5 nitrogen and oxygen atoms in total. The van der Waals surface area contributed by atoms with Gasteiger partial charge in [0.05, 0.1) is 17.4 Å². The number of nitrogens with one attached hydrogen (secondary N) is 2. The first-order valence-corrected chi connectivity index (χ1v) is 8.79. The lowest BCUT2D eigenvalue weighted by molar-refractivity contribution is 0.345. The molecular formula is C15H19N3O2S. The third-order valence-electron chi connectivity index (χ3n) is 4.31. The molecule has 0 aromatic heterocycles. The van der Waals surface area contributed by atoms with E-state index >= 15 is 0 Å². The molecular weight excluding hydrogens is 286 g/mol. The Hall–Kier alpha value is -1.42. The smallest absolute Gasteiger partial charge is 0.240 e. The highest BCUT2D eigenvalue weighted by molar-refractivity contribution is 7.89. The summed E-state index contributed by atoms with van der Waals surface area (Å²) in [4.78, 5) is 0.273. The molecule has 1 aromatic carbocycles. The van der Waals surface area contributed by atoms with Crippen LogP contribution in [0.3, 0.4) is 0 Å². The van der Waals surface area contributed by atoms with Crippen LogP contribution in [0.25, 0.3) is 0 Å². The summed E-state index contributed by atoms with van der Waals surface area (Å²) < 4.78 is 27.6. The van der Waals surface area contributed by atoms with Crippen LogP contribution in [0.5, 0.6) is 0 Å². The highest BCUT2D eigenvalue weighted by atomic mass is 32.2. The Bertz CT molecular complexity index is 636. The van der Waals surface area contributed by atoms with Crippen LogP contribution in [0.2, 0.25) is 0 Å². The van der Waals surface area contributed by atoms with E-state index in [9.17, 15) is 8.42 Å². The Morgan fingerprint density at radius 2 is 1.81 bits per heavy atom. The van der Waals surface area contributed by atoms with Crippen LogP contribution in [-0.2, 0) is 16.4 Å². The highest BCUT2D eigenvalue weighted by Crippen LogP contribution is 2.27. The Morgan fingerprint density at radius 1 is 1.19 bits per heavy atom. The molecule has 2 fully saturated rings. The molecule has 2 aliphatic rings. The van der Waals surface area contributed by atoms with Crippen LogP contribution >= 0.6 is 0 Å². The number of sulfonamides is 1. The van der Waals surface area contributed by atoms with Crippen molar-refractivity contribution in [1.29, 1.82) is 5.26 Å². The molecule has 2 heterocycles. The monoisotopic (exact) mass is 305 g/mol. The van der Waals surface area contributed by atoms with Crippen LogP contribution in [-0.4, -0.2) is 26.5 Å². The van der Waals surface area contributed by atoms with Gasteiger partial charge in [0.1, 0.15) is 0 Å². The number of nitriles is 1. The fraction of sp³-hybridized carbons (Fsp3) is 0.533. The van der Waals surface area contributed by atoms with Gasteiger partial charge in [-0.15, -0.1) is 0 Å². The molecule has 6 heteroatoms. The van der Waals surface area contributed by atoms with E-state index in [1.165, 1.54) is 0 Å². The van der Waals surface area contributed by atoms with Crippen molar-refractivity contribution < 1.29 is 8.42 Å². The first-order chi connectivity index (χ1) is 10.1. The second-order valence-electron chi connectivity index (χ2n) is 5.91. The molecule has 2 N–H and O–H groups in total. The van der Waals surface area contributed by atoms with Gasteiger partial charge in [0.15, 0.2) is 0 Å². The van der Waals surface area contributed by atoms with Gasteiger partial charge in [-0.3, -0.25) is 0 Å². The molecule has 0 aliphatic carbocycles. The number of hydrogen-bond donors (Lipinski definition) is 2. The fourth-order valence-corrected chi connectivity index (χ4v) is 4.58. The van der Waals surface area contributed by atoms with Crippen molar-refractivity contribution >= 4 is 10.0 Å². The molecule has 0 saturated carbocycles. The minimum absolute atomic E-state index is 0.0209. The maximum Gasteiger partial charge on any atom is 0.240 e. The van der Waals surface area contributed by atoms with E-state index in [0.717, 1.165) is 31.2 Å². The fourth-order valence-electron chi connectivity index (χ4n) is 3.32. The summed E-state index contributed by atoms with van der Waals surface area (Å²) in [6.07, 6.45) is 4.31. The number of hydrogen-bond acceptors (Lipinski definition) is 4. The van der Waals surface area contributed by atoms with Crippen LogP contribution in [0.4, 0.5) is 0 Å². The topological polar surface area (TPSA) is 82.0 Å². The second kappa shape index (κ2) is 5.76. The predicted octanol–water partition coefficient (Wildman–Crippen LogP) is 1.31. The van der Waals surface area contributed by atoms with Crippen LogP contribution in [0, 0.1) is 11.3 Å². The quantitative estimate of drug-likeness (QED) is 0.879. The van der Waals surface area contributed by atoms with Gasteiger partial charge >= 0.3 is 0 Å². The number of piperidine rings is 1. The standard InChI is InChI=1S/C15H19N3O2S/c16-8-7-11-1-5-15(6-2-11)21(19,20)18-14-9-12-3-4-13(10-14)17-12/h1-2,5-6,12-14,17-18H,3-4,7,9-10H2. The van der Waals surface area contributed by atoms with Crippen molar-refractivity contribution in [2.75, 3.05) is 0 Å². The van der Waals surface area contributed by atoms with Gasteiger partial charge in [0, 0.05) is 18.1 Å². The lowest BCUT2D eigenvalue weighted by Gasteiger charge is -2.29. The molecule has 21 heavy (non-hydrogen) atoms. The molecule has 2 aliphatic heterocycles. The molecule has 0 spiro atoms. The average molecular weight is 305 g/mol. The SMILES string of the molecule is N#CCc1ccc(S(=O)(=O)NC2CC3CCC(C2)N3)cc1. The van der Waals surface area contributed by atoms with Crippen molar-refractivity contribution in [1.82, 2.24) is 10.0 Å². The van der Waals surface area contributed by atoms with Gasteiger partial charge in [-0.2, -0.15) is 5.26 Å². The lowest BCUT2D eigenvalue weighted by atomic mass is 10.0. The molecule has 112 valence electrons. The van der Waals surface area contributed by atoms with E-state index in [1.54, 1.807) is 24.3 Å². The average Bonchev–Trinajstić information content (AvgIpc) is 2.78. The maximum absolute atomic E-state index is 12.4. The minimum Gasteiger partial charge on any atom is -0.311 e. The molecule has 0 amide bonds. The zero-order valence-corrected chi connectivity index (χ0v) is 12.6. The van der Waals surface area contributed by atoms with Gasteiger partial charge in [-0.1, -0.05) is 12.1 Å². The Labute approximate surface area is 125 Å². The van der Waals surface area contributed by atoms with Crippen LogP contribution < -0.4 is 10.0 Å². The maximum atomic E-state index is 12.4. The Kier molecular flexibility index (Phi) is 3.98. The summed E-state index contributed by atoms with van der Waals surface area (Å²) in [7, 11) is -3.47.